The maximum Gasteiger partial charge on any atom is 0.0806 e. The number of fused-ring (bicyclic) bond motifs is 1. The van der Waals surface area contributed by atoms with E-state index >= 15 is 0 Å². The summed E-state index contributed by atoms with van der Waals surface area (Å²) in [6, 6.07) is 4.60. The number of aryl methyl sites for hydroxylation is 1. The van der Waals surface area contributed by atoms with Crippen LogP contribution in [0.1, 0.15) is 57.2 Å². The van der Waals surface area contributed by atoms with Crippen LogP contribution in [0, 0.1) is 0 Å². The van der Waals surface area contributed by atoms with Gasteiger partial charge in [-0.05, 0) is 50.8 Å². The van der Waals surface area contributed by atoms with E-state index in [1.807, 2.05) is 13.3 Å². The maximum atomic E-state index is 5.88. The molecule has 3 heteroatoms. The Balaban J connectivity index is 2.36. The van der Waals surface area contributed by atoms with Crippen LogP contribution in [0.15, 0.2) is 18.3 Å². The van der Waals surface area contributed by atoms with Crippen LogP contribution in [0.3, 0.4) is 0 Å². The van der Waals surface area contributed by atoms with E-state index in [-0.39, 0.29) is 5.60 Å². The molecule has 0 fully saturated rings. The monoisotopic (exact) mass is 276 g/mol. The molecule has 3 atom stereocenters. The first-order valence-electron chi connectivity index (χ1n) is 7.88. The van der Waals surface area contributed by atoms with Gasteiger partial charge in [0.15, 0.2) is 0 Å². The predicted molar refractivity (Wildman–Crippen MR) is 83.1 cm³/mol. The summed E-state index contributed by atoms with van der Waals surface area (Å²) in [6.45, 7) is 7.55. The summed E-state index contributed by atoms with van der Waals surface area (Å²) < 4.78 is 5.88. The van der Waals surface area contributed by atoms with Crippen molar-refractivity contribution in [2.45, 2.75) is 64.0 Å². The molecule has 3 unspecified atom stereocenters. The molecule has 2 rings (SSSR count). The van der Waals surface area contributed by atoms with Crippen LogP contribution in [0.25, 0.3) is 0 Å². The number of hydrogen-bond acceptors (Lipinski definition) is 3. The first-order valence-corrected chi connectivity index (χ1v) is 7.88. The molecule has 1 heterocycles. The van der Waals surface area contributed by atoms with E-state index in [0.717, 1.165) is 19.4 Å². The van der Waals surface area contributed by atoms with Crippen LogP contribution < -0.4 is 5.32 Å². The number of nitrogens with zero attached hydrogens (tertiary/aromatic N) is 1. The van der Waals surface area contributed by atoms with Gasteiger partial charge in [-0.3, -0.25) is 4.98 Å². The average molecular weight is 276 g/mol. The van der Waals surface area contributed by atoms with Crippen LogP contribution in [0.5, 0.6) is 0 Å². The fraction of sp³-hybridized carbons (Fsp3) is 0.706. The molecule has 1 aliphatic rings. The molecule has 0 amide bonds. The molecule has 20 heavy (non-hydrogen) atoms. The summed E-state index contributed by atoms with van der Waals surface area (Å²) >= 11 is 0. The molecule has 1 aromatic heterocycles. The SMILES string of the molecule is CCNC(C1CCCc2cccnc21)C(C)(CC)OC. The van der Waals surface area contributed by atoms with Crippen molar-refractivity contribution in [2.24, 2.45) is 0 Å². The highest BCUT2D eigenvalue weighted by molar-refractivity contribution is 5.28. The lowest BCUT2D eigenvalue weighted by molar-refractivity contribution is -0.0378. The van der Waals surface area contributed by atoms with Crippen molar-refractivity contribution in [1.29, 1.82) is 0 Å². The van der Waals surface area contributed by atoms with Gasteiger partial charge in [-0.2, -0.15) is 0 Å². The van der Waals surface area contributed by atoms with Crippen LogP contribution in [0.4, 0.5) is 0 Å². The molecule has 0 bridgehead atoms. The third-order valence-electron chi connectivity index (χ3n) is 4.89. The molecule has 0 saturated carbocycles. The van der Waals surface area contributed by atoms with Crippen molar-refractivity contribution in [3.8, 4) is 0 Å². The van der Waals surface area contributed by atoms with Crippen molar-refractivity contribution >= 4 is 0 Å². The summed E-state index contributed by atoms with van der Waals surface area (Å²) in [4.78, 5) is 4.69. The molecule has 0 aliphatic heterocycles. The smallest absolute Gasteiger partial charge is 0.0806 e. The molecule has 0 aromatic carbocycles. The molecular formula is C17H28N2O. The fourth-order valence-electron chi connectivity index (χ4n) is 3.46. The number of likely N-dealkylation sites (N-methyl/N-ethyl adjacent to an activating group) is 1. The van der Waals surface area contributed by atoms with E-state index in [1.165, 1.54) is 24.1 Å². The second-order valence-corrected chi connectivity index (χ2v) is 5.95. The van der Waals surface area contributed by atoms with Gasteiger partial charge in [-0.25, -0.2) is 0 Å². The third kappa shape index (κ3) is 2.89. The summed E-state index contributed by atoms with van der Waals surface area (Å²) in [5.74, 6) is 0.449. The van der Waals surface area contributed by atoms with Crippen LogP contribution >= 0.6 is 0 Å². The zero-order chi connectivity index (χ0) is 14.6. The average Bonchev–Trinajstić information content (AvgIpc) is 2.51. The second kappa shape index (κ2) is 6.68. The minimum absolute atomic E-state index is 0.146. The van der Waals surface area contributed by atoms with Gasteiger partial charge in [0.2, 0.25) is 0 Å². The minimum Gasteiger partial charge on any atom is -0.377 e. The number of aromatic nitrogens is 1. The first-order chi connectivity index (χ1) is 9.66. The normalized spacial score (nSPS) is 22.9. The number of nitrogens with one attached hydrogen (secondary N) is 1. The quantitative estimate of drug-likeness (QED) is 0.865. The predicted octanol–water partition coefficient (Wildman–Crippen LogP) is 3.29. The van der Waals surface area contributed by atoms with Crippen molar-refractivity contribution in [2.75, 3.05) is 13.7 Å². The Morgan fingerprint density at radius 2 is 2.30 bits per heavy atom. The Labute approximate surface area is 123 Å². The lowest BCUT2D eigenvalue weighted by atomic mass is 9.75. The van der Waals surface area contributed by atoms with Gasteiger partial charge in [0.05, 0.1) is 5.60 Å². The number of ether oxygens (including phenoxy) is 1. The number of methoxy groups -OCH3 is 1. The van der Waals surface area contributed by atoms with Crippen molar-refractivity contribution in [1.82, 2.24) is 10.3 Å². The van der Waals surface area contributed by atoms with E-state index in [2.05, 4.69) is 38.2 Å². The standard InChI is InChI=1S/C17H28N2O/c1-5-17(3,20-4)16(18-6-2)14-11-7-9-13-10-8-12-19-15(13)14/h8,10,12,14,16,18H,5-7,9,11H2,1-4H3. The fourth-order valence-corrected chi connectivity index (χ4v) is 3.46. The zero-order valence-corrected chi connectivity index (χ0v) is 13.3. The summed E-state index contributed by atoms with van der Waals surface area (Å²) in [7, 11) is 1.83. The van der Waals surface area contributed by atoms with E-state index in [1.54, 1.807) is 0 Å². The van der Waals surface area contributed by atoms with Gasteiger partial charge in [0.1, 0.15) is 0 Å². The molecule has 1 N–H and O–H groups in total. The van der Waals surface area contributed by atoms with Gasteiger partial charge in [-0.15, -0.1) is 0 Å². The number of rotatable bonds is 6. The van der Waals surface area contributed by atoms with E-state index in [4.69, 9.17) is 9.72 Å². The van der Waals surface area contributed by atoms with Crippen molar-refractivity contribution < 1.29 is 4.74 Å². The lowest BCUT2D eigenvalue weighted by Gasteiger charge is -2.42. The van der Waals surface area contributed by atoms with Crippen LogP contribution in [0.2, 0.25) is 0 Å². The van der Waals surface area contributed by atoms with Gasteiger partial charge >= 0.3 is 0 Å². The molecule has 3 nitrogen and oxygen atoms in total. The highest BCUT2D eigenvalue weighted by Crippen LogP contribution is 2.38. The third-order valence-corrected chi connectivity index (χ3v) is 4.89. The van der Waals surface area contributed by atoms with Gasteiger partial charge in [-0.1, -0.05) is 19.9 Å². The van der Waals surface area contributed by atoms with Gasteiger partial charge in [0, 0.05) is 31.0 Å². The topological polar surface area (TPSA) is 34.2 Å². The summed E-state index contributed by atoms with van der Waals surface area (Å²) in [5, 5.41) is 3.67. The Morgan fingerprint density at radius 1 is 1.50 bits per heavy atom. The summed E-state index contributed by atoms with van der Waals surface area (Å²) in [5.41, 5.74) is 2.55. The second-order valence-electron chi connectivity index (χ2n) is 5.95. The van der Waals surface area contributed by atoms with Gasteiger partial charge < -0.3 is 10.1 Å². The summed E-state index contributed by atoms with van der Waals surface area (Å²) in [6.07, 6.45) is 6.53. The van der Waals surface area contributed by atoms with Crippen LogP contribution in [-0.2, 0) is 11.2 Å². The first kappa shape index (κ1) is 15.5. The number of hydrogen-bond donors (Lipinski definition) is 1. The molecule has 1 aliphatic carbocycles. The molecule has 1 aromatic rings. The molecular weight excluding hydrogens is 248 g/mol. The van der Waals surface area contributed by atoms with E-state index < -0.39 is 0 Å². The lowest BCUT2D eigenvalue weighted by Crippen LogP contribution is -2.53. The molecule has 0 radical (unpaired) electrons. The molecule has 0 saturated heterocycles. The van der Waals surface area contributed by atoms with Crippen LogP contribution in [-0.4, -0.2) is 30.3 Å². The highest BCUT2D eigenvalue weighted by atomic mass is 16.5. The highest BCUT2D eigenvalue weighted by Gasteiger charge is 2.40. The maximum absolute atomic E-state index is 5.88. The largest absolute Gasteiger partial charge is 0.377 e. The zero-order valence-electron chi connectivity index (χ0n) is 13.3. The van der Waals surface area contributed by atoms with E-state index in [0.29, 0.717) is 12.0 Å². The molecule has 112 valence electrons. The van der Waals surface area contributed by atoms with Gasteiger partial charge in [0.25, 0.3) is 0 Å². The number of pyridine rings is 1. The Kier molecular flexibility index (Phi) is 5.17. The Bertz CT molecular complexity index is 429. The molecule has 0 spiro atoms. The van der Waals surface area contributed by atoms with E-state index in [9.17, 15) is 0 Å². The Morgan fingerprint density at radius 3 is 2.95 bits per heavy atom. The Hall–Kier alpha value is -0.930. The minimum atomic E-state index is -0.146. The van der Waals surface area contributed by atoms with Crippen molar-refractivity contribution in [3.63, 3.8) is 0 Å². The van der Waals surface area contributed by atoms with Crippen molar-refractivity contribution in [3.05, 3.63) is 29.6 Å².